The number of aryl methyl sites for hydroxylation is 1. The van der Waals surface area contributed by atoms with Gasteiger partial charge in [-0.05, 0) is 24.0 Å². The number of nitrogens with zero attached hydrogens (tertiary/aromatic N) is 1. The third-order valence-electron chi connectivity index (χ3n) is 3.87. The molecule has 1 heterocycles. The van der Waals surface area contributed by atoms with Crippen molar-refractivity contribution < 1.29 is 13.6 Å². The van der Waals surface area contributed by atoms with E-state index in [1.54, 1.807) is 0 Å². The van der Waals surface area contributed by atoms with Crippen LogP contribution in [-0.2, 0) is 11.2 Å². The number of carbonyl (C=O) groups is 1. The second-order valence-corrected chi connectivity index (χ2v) is 5.39. The van der Waals surface area contributed by atoms with Gasteiger partial charge in [0.2, 0.25) is 5.91 Å². The van der Waals surface area contributed by atoms with Gasteiger partial charge < -0.3 is 4.90 Å². The Bertz CT molecular complexity index is 476. The Kier molecular flexibility index (Phi) is 5.28. The fourth-order valence-corrected chi connectivity index (χ4v) is 2.73. The fraction of sp³-hybridized carbons (Fsp3) is 0.562. The average Bonchev–Trinajstić information content (AvgIpc) is 2.77. The highest BCUT2D eigenvalue weighted by atomic mass is 19.3. The van der Waals surface area contributed by atoms with Crippen LogP contribution in [0.3, 0.4) is 0 Å². The summed E-state index contributed by atoms with van der Waals surface area (Å²) in [5.74, 6) is -0.221. The monoisotopic (exact) mass is 296 g/mol. The van der Waals surface area contributed by atoms with Crippen LogP contribution in [-0.4, -0.2) is 29.8 Å². The van der Waals surface area contributed by atoms with Gasteiger partial charge in [-0.1, -0.05) is 44.5 Å². The Labute approximate surface area is 124 Å². The smallest absolute Gasteiger partial charge is 0.255 e. The highest BCUT2D eigenvalue weighted by Crippen LogP contribution is 2.28. The Morgan fingerprint density at radius 2 is 1.90 bits per heavy atom. The molecule has 1 fully saturated rings. The van der Waals surface area contributed by atoms with Gasteiger partial charge in [-0.3, -0.25) is 10.1 Å². The topological polar surface area (TPSA) is 32.3 Å². The molecule has 21 heavy (non-hydrogen) atoms. The van der Waals surface area contributed by atoms with Crippen molar-refractivity contribution in [2.75, 3.05) is 6.54 Å². The highest BCUT2D eigenvalue weighted by Gasteiger charge is 2.39. The SMILES string of the molecule is CCCC1NC(c2ccc(CC)cc2)N(CC(F)F)C1=O. The Hall–Kier alpha value is -1.49. The maximum absolute atomic E-state index is 12.8. The van der Waals surface area contributed by atoms with Crippen molar-refractivity contribution in [2.24, 2.45) is 0 Å². The third-order valence-corrected chi connectivity index (χ3v) is 3.87. The van der Waals surface area contributed by atoms with E-state index < -0.39 is 19.1 Å². The summed E-state index contributed by atoms with van der Waals surface area (Å²) < 4.78 is 25.5. The number of benzene rings is 1. The van der Waals surface area contributed by atoms with E-state index in [1.165, 1.54) is 10.5 Å². The lowest BCUT2D eigenvalue weighted by molar-refractivity contribution is -0.132. The summed E-state index contributed by atoms with van der Waals surface area (Å²) in [4.78, 5) is 13.5. The molecule has 0 saturated carbocycles. The largest absolute Gasteiger partial charge is 0.316 e. The van der Waals surface area contributed by atoms with Crippen molar-refractivity contribution in [3.63, 3.8) is 0 Å². The minimum Gasteiger partial charge on any atom is -0.316 e. The number of halogens is 2. The molecule has 0 radical (unpaired) electrons. The van der Waals surface area contributed by atoms with E-state index in [0.29, 0.717) is 6.42 Å². The average molecular weight is 296 g/mol. The molecular weight excluding hydrogens is 274 g/mol. The van der Waals surface area contributed by atoms with Crippen LogP contribution in [0.4, 0.5) is 8.78 Å². The standard InChI is InChI=1S/C16H22F2N2O/c1-3-5-13-16(21)20(10-14(17)18)15(19-13)12-8-6-11(4-2)7-9-12/h6-9,13-15,19H,3-5,10H2,1-2H3. The second-order valence-electron chi connectivity index (χ2n) is 5.39. The van der Waals surface area contributed by atoms with Crippen LogP contribution in [0.25, 0.3) is 0 Å². The van der Waals surface area contributed by atoms with Crippen LogP contribution in [0, 0.1) is 0 Å². The summed E-state index contributed by atoms with van der Waals surface area (Å²) in [5, 5.41) is 3.19. The van der Waals surface area contributed by atoms with Crippen molar-refractivity contribution in [3.05, 3.63) is 35.4 Å². The summed E-state index contributed by atoms with van der Waals surface area (Å²) in [6.45, 7) is 3.52. The van der Waals surface area contributed by atoms with Gasteiger partial charge in [0.15, 0.2) is 0 Å². The zero-order valence-electron chi connectivity index (χ0n) is 12.5. The molecule has 0 aliphatic carbocycles. The Morgan fingerprint density at radius 1 is 1.24 bits per heavy atom. The maximum Gasteiger partial charge on any atom is 0.255 e. The molecule has 0 aromatic heterocycles. The van der Waals surface area contributed by atoms with E-state index in [4.69, 9.17) is 0 Å². The Morgan fingerprint density at radius 3 is 2.43 bits per heavy atom. The molecule has 1 N–H and O–H groups in total. The van der Waals surface area contributed by atoms with Gasteiger partial charge in [-0.2, -0.15) is 0 Å². The molecular formula is C16H22F2N2O. The van der Waals surface area contributed by atoms with Crippen LogP contribution in [0.1, 0.15) is 44.0 Å². The predicted octanol–water partition coefficient (Wildman–Crippen LogP) is 3.11. The number of nitrogens with one attached hydrogen (secondary N) is 1. The summed E-state index contributed by atoms with van der Waals surface area (Å²) in [5.41, 5.74) is 2.05. The summed E-state index contributed by atoms with van der Waals surface area (Å²) in [6.07, 6.45) is -0.533. The zero-order chi connectivity index (χ0) is 15.4. The molecule has 0 bridgehead atoms. The molecule has 116 valence electrons. The quantitative estimate of drug-likeness (QED) is 0.875. The van der Waals surface area contributed by atoms with E-state index in [2.05, 4.69) is 12.2 Å². The molecule has 5 heteroatoms. The van der Waals surface area contributed by atoms with Crippen molar-refractivity contribution in [2.45, 2.75) is 51.7 Å². The van der Waals surface area contributed by atoms with Crippen LogP contribution >= 0.6 is 0 Å². The van der Waals surface area contributed by atoms with Crippen LogP contribution in [0.15, 0.2) is 24.3 Å². The minimum atomic E-state index is -2.52. The summed E-state index contributed by atoms with van der Waals surface area (Å²) >= 11 is 0. The molecule has 2 rings (SSSR count). The first-order chi connectivity index (χ1) is 10.1. The first-order valence-electron chi connectivity index (χ1n) is 7.50. The number of hydrogen-bond acceptors (Lipinski definition) is 2. The molecule has 1 aliphatic heterocycles. The van der Waals surface area contributed by atoms with Gasteiger partial charge in [-0.15, -0.1) is 0 Å². The Balaban J connectivity index is 2.22. The fourth-order valence-electron chi connectivity index (χ4n) is 2.73. The molecule has 1 saturated heterocycles. The third kappa shape index (κ3) is 3.59. The lowest BCUT2D eigenvalue weighted by Crippen LogP contribution is -2.35. The van der Waals surface area contributed by atoms with E-state index in [-0.39, 0.29) is 11.9 Å². The summed E-state index contributed by atoms with van der Waals surface area (Å²) in [7, 11) is 0. The van der Waals surface area contributed by atoms with Crippen molar-refractivity contribution in [1.82, 2.24) is 10.2 Å². The van der Waals surface area contributed by atoms with Gasteiger partial charge in [0.25, 0.3) is 6.43 Å². The molecule has 1 aromatic carbocycles. The van der Waals surface area contributed by atoms with Crippen molar-refractivity contribution in [3.8, 4) is 0 Å². The summed E-state index contributed by atoms with van der Waals surface area (Å²) in [6, 6.07) is 7.43. The molecule has 1 aliphatic rings. The number of hydrogen-bond donors (Lipinski definition) is 1. The van der Waals surface area contributed by atoms with Gasteiger partial charge in [0.05, 0.1) is 12.6 Å². The van der Waals surface area contributed by atoms with Gasteiger partial charge in [0.1, 0.15) is 6.17 Å². The second kappa shape index (κ2) is 6.98. The lowest BCUT2D eigenvalue weighted by atomic mass is 10.1. The van der Waals surface area contributed by atoms with Gasteiger partial charge in [-0.25, -0.2) is 8.78 Å². The van der Waals surface area contributed by atoms with E-state index in [0.717, 1.165) is 18.4 Å². The first-order valence-corrected chi connectivity index (χ1v) is 7.50. The number of rotatable bonds is 6. The van der Waals surface area contributed by atoms with E-state index in [1.807, 2.05) is 31.2 Å². The maximum atomic E-state index is 12.8. The molecule has 2 atom stereocenters. The van der Waals surface area contributed by atoms with Crippen molar-refractivity contribution >= 4 is 5.91 Å². The van der Waals surface area contributed by atoms with E-state index >= 15 is 0 Å². The van der Waals surface area contributed by atoms with Gasteiger partial charge >= 0.3 is 0 Å². The normalized spacial score (nSPS) is 22.3. The number of carbonyl (C=O) groups excluding carboxylic acids is 1. The predicted molar refractivity (Wildman–Crippen MR) is 78.1 cm³/mol. The van der Waals surface area contributed by atoms with Crippen LogP contribution in [0.5, 0.6) is 0 Å². The number of amides is 1. The van der Waals surface area contributed by atoms with Crippen LogP contribution in [0.2, 0.25) is 0 Å². The molecule has 2 unspecified atom stereocenters. The number of alkyl halides is 2. The minimum absolute atomic E-state index is 0.221. The lowest BCUT2D eigenvalue weighted by Gasteiger charge is -2.24. The molecule has 1 aromatic rings. The highest BCUT2D eigenvalue weighted by molar-refractivity contribution is 5.84. The molecule has 0 spiro atoms. The van der Waals surface area contributed by atoms with Crippen LogP contribution < -0.4 is 5.32 Å². The van der Waals surface area contributed by atoms with E-state index in [9.17, 15) is 13.6 Å². The zero-order valence-corrected chi connectivity index (χ0v) is 12.5. The first kappa shape index (κ1) is 15.9. The van der Waals surface area contributed by atoms with Gasteiger partial charge in [0, 0.05) is 0 Å². The molecule has 1 amide bonds. The van der Waals surface area contributed by atoms with Crippen molar-refractivity contribution in [1.29, 1.82) is 0 Å². The molecule has 3 nitrogen and oxygen atoms in total.